The summed E-state index contributed by atoms with van der Waals surface area (Å²) in [4.78, 5) is 3.85. The maximum absolute atomic E-state index is 13.3. The van der Waals surface area contributed by atoms with Gasteiger partial charge in [-0.1, -0.05) is 0 Å². The molecule has 0 unspecified atom stereocenters. The summed E-state index contributed by atoms with van der Waals surface area (Å²) in [5.41, 5.74) is 0.313. The maximum Gasteiger partial charge on any atom is 0.196 e. The lowest BCUT2D eigenvalue weighted by atomic mass is 10.2. The summed E-state index contributed by atoms with van der Waals surface area (Å²) in [7, 11) is 0. The molecule has 2 aromatic rings. The van der Waals surface area contributed by atoms with Crippen LogP contribution in [-0.2, 0) is 0 Å². The van der Waals surface area contributed by atoms with E-state index in [0.717, 1.165) is 12.1 Å². The number of hydrogen-bond donors (Lipinski definition) is 1. The standard InChI is InChI=1S/C11H6BrF3N2/c12-6-3-7(5-16-4-6)17-9-2-1-8(13)10(14)11(9)15/h1-5,17H. The summed E-state index contributed by atoms with van der Waals surface area (Å²) in [6.45, 7) is 0. The molecule has 0 spiro atoms. The Morgan fingerprint density at radius 3 is 2.53 bits per heavy atom. The van der Waals surface area contributed by atoms with Crippen LogP contribution in [0.2, 0.25) is 0 Å². The van der Waals surface area contributed by atoms with Crippen molar-refractivity contribution in [1.29, 1.82) is 0 Å². The summed E-state index contributed by atoms with van der Waals surface area (Å²) in [5.74, 6) is -3.98. The van der Waals surface area contributed by atoms with Crippen molar-refractivity contribution in [2.75, 3.05) is 5.32 Å². The highest BCUT2D eigenvalue weighted by Crippen LogP contribution is 2.24. The van der Waals surface area contributed by atoms with Gasteiger partial charge in [-0.25, -0.2) is 13.2 Å². The zero-order chi connectivity index (χ0) is 12.4. The Morgan fingerprint density at radius 2 is 1.82 bits per heavy atom. The van der Waals surface area contributed by atoms with Gasteiger partial charge in [0.15, 0.2) is 17.5 Å². The summed E-state index contributed by atoms with van der Waals surface area (Å²) in [5, 5.41) is 2.61. The lowest BCUT2D eigenvalue weighted by Crippen LogP contribution is -1.99. The molecular weight excluding hydrogens is 297 g/mol. The Balaban J connectivity index is 2.34. The Bertz CT molecular complexity index is 560. The Labute approximate surface area is 104 Å². The summed E-state index contributed by atoms with van der Waals surface area (Å²) < 4.78 is 39.7. The van der Waals surface area contributed by atoms with Crippen molar-refractivity contribution in [2.24, 2.45) is 0 Å². The zero-order valence-corrected chi connectivity index (χ0v) is 9.93. The van der Waals surface area contributed by atoms with Crippen molar-refractivity contribution >= 4 is 27.3 Å². The lowest BCUT2D eigenvalue weighted by Gasteiger charge is -2.08. The second kappa shape index (κ2) is 4.75. The van der Waals surface area contributed by atoms with Gasteiger partial charge >= 0.3 is 0 Å². The van der Waals surface area contributed by atoms with Gasteiger partial charge in [0, 0.05) is 10.7 Å². The van der Waals surface area contributed by atoms with Gasteiger partial charge in [-0.05, 0) is 34.1 Å². The number of pyridine rings is 1. The van der Waals surface area contributed by atoms with Crippen LogP contribution in [0.3, 0.4) is 0 Å². The molecule has 0 radical (unpaired) electrons. The summed E-state index contributed by atoms with van der Waals surface area (Å²) >= 11 is 3.19. The fraction of sp³-hybridized carbons (Fsp3) is 0. The van der Waals surface area contributed by atoms with Crippen molar-refractivity contribution in [3.05, 3.63) is 52.5 Å². The smallest absolute Gasteiger partial charge is 0.196 e. The number of aromatic nitrogens is 1. The van der Waals surface area contributed by atoms with Gasteiger partial charge in [0.05, 0.1) is 17.6 Å². The Kier molecular flexibility index (Phi) is 3.33. The van der Waals surface area contributed by atoms with Crippen LogP contribution in [0.25, 0.3) is 0 Å². The molecule has 0 aliphatic heterocycles. The molecule has 0 aliphatic carbocycles. The van der Waals surface area contributed by atoms with E-state index < -0.39 is 17.5 Å². The van der Waals surface area contributed by atoms with Crippen molar-refractivity contribution < 1.29 is 13.2 Å². The predicted octanol–water partition coefficient (Wildman–Crippen LogP) is 4.01. The number of anilines is 2. The van der Waals surface area contributed by atoms with E-state index in [1.807, 2.05) is 0 Å². The topological polar surface area (TPSA) is 24.9 Å². The minimum Gasteiger partial charge on any atom is -0.352 e. The van der Waals surface area contributed by atoms with Crippen LogP contribution in [0.4, 0.5) is 24.5 Å². The Hall–Kier alpha value is -1.56. The lowest BCUT2D eigenvalue weighted by molar-refractivity contribution is 0.449. The van der Waals surface area contributed by atoms with E-state index >= 15 is 0 Å². The molecule has 2 nitrogen and oxygen atoms in total. The number of rotatable bonds is 2. The Morgan fingerprint density at radius 1 is 1.06 bits per heavy atom. The quantitative estimate of drug-likeness (QED) is 0.848. The fourth-order valence-electron chi connectivity index (χ4n) is 1.26. The molecule has 0 amide bonds. The van der Waals surface area contributed by atoms with E-state index in [9.17, 15) is 13.2 Å². The third-order valence-corrected chi connectivity index (χ3v) is 2.45. The fourth-order valence-corrected chi connectivity index (χ4v) is 1.62. The van der Waals surface area contributed by atoms with Gasteiger partial charge in [0.25, 0.3) is 0 Å². The van der Waals surface area contributed by atoms with Gasteiger partial charge in [-0.3, -0.25) is 4.98 Å². The van der Waals surface area contributed by atoms with Crippen molar-refractivity contribution in [2.45, 2.75) is 0 Å². The summed E-state index contributed by atoms with van der Waals surface area (Å²) in [6.07, 6.45) is 2.98. The summed E-state index contributed by atoms with van der Waals surface area (Å²) in [6, 6.07) is 3.61. The molecule has 1 N–H and O–H groups in total. The van der Waals surface area contributed by atoms with E-state index in [0.29, 0.717) is 10.2 Å². The average molecular weight is 303 g/mol. The SMILES string of the molecule is Fc1ccc(Nc2cncc(Br)c2)c(F)c1F. The zero-order valence-electron chi connectivity index (χ0n) is 8.35. The number of nitrogens with zero attached hydrogens (tertiary/aromatic N) is 1. The molecule has 17 heavy (non-hydrogen) atoms. The van der Waals surface area contributed by atoms with Gasteiger partial charge in [0.1, 0.15) is 0 Å². The van der Waals surface area contributed by atoms with E-state index in [1.54, 1.807) is 12.3 Å². The van der Waals surface area contributed by atoms with Crippen LogP contribution in [0.5, 0.6) is 0 Å². The molecule has 0 saturated heterocycles. The monoisotopic (exact) mass is 302 g/mol. The average Bonchev–Trinajstić information content (AvgIpc) is 2.30. The molecule has 0 aliphatic rings. The first-order valence-electron chi connectivity index (χ1n) is 4.59. The third kappa shape index (κ3) is 2.58. The largest absolute Gasteiger partial charge is 0.352 e. The van der Waals surface area contributed by atoms with Gasteiger partial charge in [-0.2, -0.15) is 0 Å². The highest BCUT2D eigenvalue weighted by Gasteiger charge is 2.13. The second-order valence-corrected chi connectivity index (χ2v) is 4.16. The molecule has 1 aromatic carbocycles. The second-order valence-electron chi connectivity index (χ2n) is 3.24. The molecule has 0 saturated carbocycles. The molecular formula is C11H6BrF3N2. The van der Waals surface area contributed by atoms with Crippen LogP contribution in [0.15, 0.2) is 35.1 Å². The first-order valence-corrected chi connectivity index (χ1v) is 5.38. The first-order chi connectivity index (χ1) is 8.08. The molecule has 2 rings (SSSR count). The number of halogens is 4. The van der Waals surface area contributed by atoms with Gasteiger partial charge in [0.2, 0.25) is 0 Å². The van der Waals surface area contributed by atoms with Crippen molar-refractivity contribution in [3.8, 4) is 0 Å². The molecule has 0 bridgehead atoms. The molecule has 1 heterocycles. The van der Waals surface area contributed by atoms with E-state index in [4.69, 9.17) is 0 Å². The minimum atomic E-state index is -1.50. The van der Waals surface area contributed by atoms with Crippen molar-refractivity contribution in [3.63, 3.8) is 0 Å². The van der Waals surface area contributed by atoms with E-state index in [2.05, 4.69) is 26.2 Å². The number of benzene rings is 1. The van der Waals surface area contributed by atoms with Crippen LogP contribution >= 0.6 is 15.9 Å². The molecule has 1 aromatic heterocycles. The van der Waals surface area contributed by atoms with Crippen LogP contribution in [-0.4, -0.2) is 4.98 Å². The van der Waals surface area contributed by atoms with Gasteiger partial charge in [-0.15, -0.1) is 0 Å². The van der Waals surface area contributed by atoms with Gasteiger partial charge < -0.3 is 5.32 Å². The normalized spacial score (nSPS) is 10.4. The van der Waals surface area contributed by atoms with Crippen molar-refractivity contribution in [1.82, 2.24) is 4.98 Å². The number of hydrogen-bond acceptors (Lipinski definition) is 2. The molecule has 0 fully saturated rings. The molecule has 88 valence electrons. The van der Waals surface area contributed by atoms with E-state index in [1.165, 1.54) is 6.20 Å². The van der Waals surface area contributed by atoms with Crippen LogP contribution < -0.4 is 5.32 Å². The highest BCUT2D eigenvalue weighted by atomic mass is 79.9. The molecule has 0 atom stereocenters. The first kappa shape index (κ1) is 11.9. The highest BCUT2D eigenvalue weighted by molar-refractivity contribution is 9.10. The minimum absolute atomic E-state index is 0.149. The number of nitrogens with one attached hydrogen (secondary N) is 1. The molecule has 6 heteroatoms. The maximum atomic E-state index is 13.3. The van der Waals surface area contributed by atoms with Crippen LogP contribution in [0, 0.1) is 17.5 Å². The van der Waals surface area contributed by atoms with Crippen LogP contribution in [0.1, 0.15) is 0 Å². The third-order valence-electron chi connectivity index (χ3n) is 2.02. The predicted molar refractivity (Wildman–Crippen MR) is 61.5 cm³/mol. The van der Waals surface area contributed by atoms with E-state index in [-0.39, 0.29) is 5.69 Å².